The van der Waals surface area contributed by atoms with E-state index < -0.39 is 22.5 Å². The number of ether oxygens (including phenoxy) is 2. The van der Waals surface area contributed by atoms with Crippen molar-refractivity contribution in [3.63, 3.8) is 0 Å². The van der Waals surface area contributed by atoms with Crippen molar-refractivity contribution in [3.05, 3.63) is 47.0 Å². The number of hydrogen-bond acceptors (Lipinski definition) is 6. The zero-order valence-corrected chi connectivity index (χ0v) is 17.0. The van der Waals surface area contributed by atoms with Crippen molar-refractivity contribution >= 4 is 33.2 Å². The number of likely N-dealkylation sites (N-methyl/N-ethyl adjacent to an activating group) is 1. The molecule has 0 aromatic heterocycles. The van der Waals surface area contributed by atoms with E-state index in [4.69, 9.17) is 26.3 Å². The fourth-order valence-corrected chi connectivity index (χ4v) is 3.68. The van der Waals surface area contributed by atoms with Gasteiger partial charge in [-0.2, -0.15) is 9.57 Å². The number of rotatable bonds is 7. The van der Waals surface area contributed by atoms with Gasteiger partial charge in [-0.15, -0.1) is 0 Å². The molecule has 2 rings (SSSR count). The lowest BCUT2D eigenvalue weighted by atomic mass is 10.2. The minimum atomic E-state index is -3.90. The van der Waals surface area contributed by atoms with Crippen LogP contribution in [-0.2, 0) is 14.8 Å². The highest BCUT2D eigenvalue weighted by Gasteiger charge is 2.23. The fraction of sp³-hybridized carbons (Fsp3) is 0.222. The summed E-state index contributed by atoms with van der Waals surface area (Å²) in [4.78, 5) is 12.3. The van der Waals surface area contributed by atoms with Gasteiger partial charge < -0.3 is 14.8 Å². The molecule has 1 N–H and O–H groups in total. The molecule has 10 heteroatoms. The van der Waals surface area contributed by atoms with Crippen LogP contribution in [0.5, 0.6) is 11.5 Å². The fourth-order valence-electron chi connectivity index (χ4n) is 2.32. The summed E-state index contributed by atoms with van der Waals surface area (Å²) in [6.45, 7) is -0.435. The first-order chi connectivity index (χ1) is 13.2. The van der Waals surface area contributed by atoms with E-state index in [0.717, 1.165) is 4.31 Å². The third-order valence-electron chi connectivity index (χ3n) is 3.81. The molecule has 0 atom stereocenters. The van der Waals surface area contributed by atoms with Crippen LogP contribution < -0.4 is 14.8 Å². The van der Waals surface area contributed by atoms with Crippen LogP contribution in [0.25, 0.3) is 0 Å². The van der Waals surface area contributed by atoms with Crippen molar-refractivity contribution in [1.82, 2.24) is 4.31 Å². The molecule has 0 aliphatic heterocycles. The summed E-state index contributed by atoms with van der Waals surface area (Å²) in [5.74, 6) is 0.100. The van der Waals surface area contributed by atoms with E-state index >= 15 is 0 Å². The molecule has 0 saturated carbocycles. The number of sulfonamides is 1. The highest BCUT2D eigenvalue weighted by Crippen LogP contribution is 2.35. The van der Waals surface area contributed by atoms with Gasteiger partial charge in [-0.1, -0.05) is 11.6 Å². The number of carbonyl (C=O) groups is 1. The van der Waals surface area contributed by atoms with Gasteiger partial charge in [0.2, 0.25) is 15.9 Å². The van der Waals surface area contributed by atoms with Gasteiger partial charge in [0.25, 0.3) is 0 Å². The van der Waals surface area contributed by atoms with Crippen LogP contribution in [0.1, 0.15) is 5.56 Å². The van der Waals surface area contributed by atoms with Crippen LogP contribution in [0.15, 0.2) is 41.3 Å². The summed E-state index contributed by atoms with van der Waals surface area (Å²) < 4.78 is 36.4. The van der Waals surface area contributed by atoms with E-state index in [2.05, 4.69) is 5.32 Å². The third kappa shape index (κ3) is 4.72. The van der Waals surface area contributed by atoms with E-state index in [-0.39, 0.29) is 15.6 Å². The maximum Gasteiger partial charge on any atom is 0.243 e. The number of carbonyl (C=O) groups excluding carboxylic acids is 1. The van der Waals surface area contributed by atoms with Gasteiger partial charge in [0.05, 0.1) is 48.0 Å². The van der Waals surface area contributed by atoms with Gasteiger partial charge in [-0.05, 0) is 30.3 Å². The van der Waals surface area contributed by atoms with Gasteiger partial charge in [0, 0.05) is 13.1 Å². The Bertz CT molecular complexity index is 1020. The van der Waals surface area contributed by atoms with Gasteiger partial charge in [0.15, 0.2) is 0 Å². The summed E-state index contributed by atoms with van der Waals surface area (Å²) >= 11 is 6.06. The molecular formula is C18H18ClN3O5S. The molecular weight excluding hydrogens is 406 g/mol. The number of hydrogen-bond donors (Lipinski definition) is 1. The van der Waals surface area contributed by atoms with Gasteiger partial charge in [-0.25, -0.2) is 8.42 Å². The molecule has 0 spiro atoms. The van der Waals surface area contributed by atoms with Crippen LogP contribution in [0.2, 0.25) is 5.02 Å². The first-order valence-electron chi connectivity index (χ1n) is 7.90. The molecule has 0 aliphatic rings. The molecule has 0 heterocycles. The maximum absolute atomic E-state index is 12.6. The lowest BCUT2D eigenvalue weighted by Crippen LogP contribution is -2.35. The van der Waals surface area contributed by atoms with E-state index in [1.165, 1.54) is 57.7 Å². The molecule has 2 aromatic carbocycles. The SMILES string of the molecule is COc1cc(OC)c(NC(=O)CN(C)S(=O)(=O)c2ccc(C#N)cc2)cc1Cl. The number of nitrogens with one attached hydrogen (secondary N) is 1. The summed E-state index contributed by atoms with van der Waals surface area (Å²) in [5, 5.41) is 11.6. The van der Waals surface area contributed by atoms with Crippen LogP contribution >= 0.6 is 11.6 Å². The maximum atomic E-state index is 12.6. The quantitative estimate of drug-likeness (QED) is 0.732. The van der Waals surface area contributed by atoms with E-state index in [1.807, 2.05) is 6.07 Å². The lowest BCUT2D eigenvalue weighted by Gasteiger charge is -2.18. The molecule has 1 amide bonds. The minimum Gasteiger partial charge on any atom is -0.495 e. The second-order valence-corrected chi connectivity index (χ2v) is 8.08. The van der Waals surface area contributed by atoms with Crippen molar-refractivity contribution in [1.29, 1.82) is 5.26 Å². The summed E-state index contributed by atoms with van der Waals surface area (Å²) in [6.07, 6.45) is 0. The number of anilines is 1. The van der Waals surface area contributed by atoms with Crippen LogP contribution in [0.4, 0.5) is 5.69 Å². The standard InChI is InChI=1S/C18H18ClN3O5S/c1-22(28(24,25)13-6-4-12(10-20)5-7-13)11-18(23)21-15-8-14(19)16(26-2)9-17(15)27-3/h4-9H,11H2,1-3H3,(H,21,23). The predicted octanol–water partition coefficient (Wildman–Crippen LogP) is 2.49. The number of benzene rings is 2. The Morgan fingerprint density at radius 3 is 2.32 bits per heavy atom. The average Bonchev–Trinajstić information content (AvgIpc) is 2.68. The van der Waals surface area contributed by atoms with Crippen molar-refractivity contribution < 1.29 is 22.7 Å². The van der Waals surface area contributed by atoms with Crippen LogP contribution in [0.3, 0.4) is 0 Å². The number of amides is 1. The highest BCUT2D eigenvalue weighted by molar-refractivity contribution is 7.89. The molecule has 8 nitrogen and oxygen atoms in total. The Balaban J connectivity index is 2.16. The minimum absolute atomic E-state index is 0.0214. The predicted molar refractivity (Wildman–Crippen MR) is 104 cm³/mol. The lowest BCUT2D eigenvalue weighted by molar-refractivity contribution is -0.116. The molecule has 0 fully saturated rings. The monoisotopic (exact) mass is 423 g/mol. The zero-order valence-electron chi connectivity index (χ0n) is 15.4. The third-order valence-corrected chi connectivity index (χ3v) is 5.92. The summed E-state index contributed by atoms with van der Waals surface area (Å²) in [5.41, 5.74) is 0.616. The number of nitrogens with zero attached hydrogens (tertiary/aromatic N) is 2. The van der Waals surface area contributed by atoms with Crippen LogP contribution in [-0.4, -0.2) is 46.4 Å². The van der Waals surface area contributed by atoms with Crippen molar-refractivity contribution in [2.45, 2.75) is 4.90 Å². The Morgan fingerprint density at radius 2 is 1.79 bits per heavy atom. The molecule has 0 bridgehead atoms. The Hall–Kier alpha value is -2.80. The van der Waals surface area contributed by atoms with E-state index in [0.29, 0.717) is 17.1 Å². The van der Waals surface area contributed by atoms with Crippen molar-refractivity contribution in [3.8, 4) is 17.6 Å². The Kier molecular flexibility index (Phi) is 6.85. The first-order valence-corrected chi connectivity index (χ1v) is 9.72. The van der Waals surface area contributed by atoms with Gasteiger partial charge in [-0.3, -0.25) is 4.79 Å². The zero-order chi connectivity index (χ0) is 20.9. The first kappa shape index (κ1) is 21.5. The Labute approximate surface area is 168 Å². The second kappa shape index (κ2) is 8.93. The van der Waals surface area contributed by atoms with Gasteiger partial charge >= 0.3 is 0 Å². The molecule has 28 heavy (non-hydrogen) atoms. The van der Waals surface area contributed by atoms with Crippen molar-refractivity contribution in [2.24, 2.45) is 0 Å². The smallest absolute Gasteiger partial charge is 0.243 e. The molecule has 0 aliphatic carbocycles. The van der Waals surface area contributed by atoms with E-state index in [1.54, 1.807) is 0 Å². The van der Waals surface area contributed by atoms with Gasteiger partial charge in [0.1, 0.15) is 11.5 Å². The summed E-state index contributed by atoms with van der Waals surface area (Å²) in [6, 6.07) is 10.3. The number of nitriles is 1. The highest BCUT2D eigenvalue weighted by atomic mass is 35.5. The molecule has 0 radical (unpaired) electrons. The van der Waals surface area contributed by atoms with E-state index in [9.17, 15) is 13.2 Å². The van der Waals surface area contributed by atoms with Crippen LogP contribution in [0, 0.1) is 11.3 Å². The topological polar surface area (TPSA) is 109 Å². The second-order valence-electron chi connectivity index (χ2n) is 5.63. The molecule has 148 valence electrons. The normalized spacial score (nSPS) is 11.0. The number of halogens is 1. The molecule has 0 saturated heterocycles. The molecule has 2 aromatic rings. The van der Waals surface area contributed by atoms with Crippen molar-refractivity contribution in [2.75, 3.05) is 33.1 Å². The number of methoxy groups -OCH3 is 2. The average molecular weight is 424 g/mol. The summed E-state index contributed by atoms with van der Waals surface area (Å²) in [7, 11) is 0.246. The largest absolute Gasteiger partial charge is 0.495 e. The Morgan fingerprint density at radius 1 is 1.18 bits per heavy atom. The molecule has 0 unspecified atom stereocenters.